The number of amides is 1. The fraction of sp³-hybridized carbons (Fsp3) is 0.667. The maximum absolute atomic E-state index is 11.2. The number of hydrogen-bond acceptors (Lipinski definition) is 2. The molecule has 1 aliphatic rings. The first-order valence-electron chi connectivity index (χ1n) is 4.15. The number of aliphatic hydroxyl groups is 1. The predicted molar refractivity (Wildman–Crippen MR) is 45.2 cm³/mol. The Labute approximate surface area is 72.2 Å². The topological polar surface area (TPSA) is 49.3 Å². The third kappa shape index (κ3) is 1.99. The van der Waals surface area contributed by atoms with E-state index in [1.807, 2.05) is 0 Å². The number of nitrogens with one attached hydrogen (secondary N) is 1. The second-order valence-corrected chi connectivity index (χ2v) is 3.04. The maximum atomic E-state index is 11.2. The zero-order valence-electron chi connectivity index (χ0n) is 6.92. The van der Waals surface area contributed by atoms with Crippen LogP contribution in [0.15, 0.2) is 0 Å². The third-order valence-electron chi connectivity index (χ3n) is 2.18. The molecular formula is C9H13NO2. The fourth-order valence-corrected chi connectivity index (χ4v) is 1.10. The highest BCUT2D eigenvalue weighted by Crippen LogP contribution is 2.26. The molecule has 1 saturated carbocycles. The molecule has 3 heteroatoms. The van der Waals surface area contributed by atoms with Crippen molar-refractivity contribution in [2.75, 3.05) is 6.61 Å². The smallest absolute Gasteiger partial charge is 0.224 e. The Hall–Kier alpha value is -1.01. The molecule has 0 saturated heterocycles. The minimum absolute atomic E-state index is 0.0155. The lowest BCUT2D eigenvalue weighted by atomic mass is 9.84. The summed E-state index contributed by atoms with van der Waals surface area (Å²) in [5, 5.41) is 11.3. The van der Waals surface area contributed by atoms with Crippen LogP contribution in [0.3, 0.4) is 0 Å². The van der Waals surface area contributed by atoms with Gasteiger partial charge in [0.05, 0.1) is 6.61 Å². The average molecular weight is 167 g/mol. The zero-order valence-corrected chi connectivity index (χ0v) is 6.92. The van der Waals surface area contributed by atoms with Gasteiger partial charge < -0.3 is 10.4 Å². The second kappa shape index (κ2) is 4.13. The van der Waals surface area contributed by atoms with E-state index >= 15 is 0 Å². The van der Waals surface area contributed by atoms with Crippen LogP contribution in [-0.2, 0) is 4.79 Å². The molecule has 0 heterocycles. The van der Waals surface area contributed by atoms with E-state index in [9.17, 15) is 4.79 Å². The van der Waals surface area contributed by atoms with E-state index in [0.29, 0.717) is 0 Å². The molecule has 1 unspecified atom stereocenters. The molecule has 0 aromatic heterocycles. The Kier molecular flexibility index (Phi) is 3.12. The van der Waals surface area contributed by atoms with Gasteiger partial charge in [0.2, 0.25) is 5.91 Å². The van der Waals surface area contributed by atoms with Gasteiger partial charge in [-0.2, -0.15) is 0 Å². The van der Waals surface area contributed by atoms with Crippen molar-refractivity contribution < 1.29 is 9.90 Å². The van der Waals surface area contributed by atoms with Gasteiger partial charge in [-0.25, -0.2) is 0 Å². The number of hydrogen-bond donors (Lipinski definition) is 2. The second-order valence-electron chi connectivity index (χ2n) is 3.04. The first-order valence-corrected chi connectivity index (χ1v) is 4.15. The molecular weight excluding hydrogens is 154 g/mol. The summed E-state index contributed by atoms with van der Waals surface area (Å²) in [4.78, 5) is 11.2. The molecule has 1 aliphatic carbocycles. The van der Waals surface area contributed by atoms with Gasteiger partial charge in [0.1, 0.15) is 6.04 Å². The van der Waals surface area contributed by atoms with Crippen molar-refractivity contribution in [3.05, 3.63) is 0 Å². The van der Waals surface area contributed by atoms with Crippen LogP contribution in [0.5, 0.6) is 0 Å². The van der Waals surface area contributed by atoms with E-state index in [0.717, 1.165) is 19.3 Å². The minimum atomic E-state index is -0.516. The molecule has 0 aliphatic heterocycles. The number of carbonyl (C=O) groups excluding carboxylic acids is 1. The lowest BCUT2D eigenvalue weighted by Crippen LogP contribution is -2.42. The van der Waals surface area contributed by atoms with Crippen molar-refractivity contribution in [1.82, 2.24) is 5.32 Å². The Morgan fingerprint density at radius 1 is 1.75 bits per heavy atom. The summed E-state index contributed by atoms with van der Waals surface area (Å²) in [7, 11) is 0. The molecule has 1 atom stereocenters. The summed E-state index contributed by atoms with van der Waals surface area (Å²) in [6, 6.07) is -0.516. The van der Waals surface area contributed by atoms with Crippen LogP contribution in [0, 0.1) is 18.3 Å². The quantitative estimate of drug-likeness (QED) is 0.576. The average Bonchev–Trinajstić information content (AvgIpc) is 1.96. The van der Waals surface area contributed by atoms with Crippen LogP contribution in [0.25, 0.3) is 0 Å². The van der Waals surface area contributed by atoms with E-state index < -0.39 is 6.04 Å². The fourth-order valence-electron chi connectivity index (χ4n) is 1.10. The SMILES string of the molecule is C#CC(CO)NC(=O)C1CCC1. The standard InChI is InChI=1S/C9H13NO2/c1-2-8(6-11)10-9(12)7-4-3-5-7/h1,7-8,11H,3-6H2,(H,10,12). The molecule has 1 amide bonds. The Balaban J connectivity index is 2.29. The van der Waals surface area contributed by atoms with Crippen molar-refractivity contribution in [3.63, 3.8) is 0 Å². The van der Waals surface area contributed by atoms with Crippen LogP contribution in [-0.4, -0.2) is 23.7 Å². The molecule has 0 aromatic carbocycles. The Bertz CT molecular complexity index is 203. The predicted octanol–water partition coefficient (Wildman–Crippen LogP) is -0.103. The molecule has 1 rings (SSSR count). The first kappa shape index (κ1) is 9.08. The lowest BCUT2D eigenvalue weighted by molar-refractivity contribution is -0.128. The molecule has 3 nitrogen and oxygen atoms in total. The molecule has 0 bridgehead atoms. The van der Waals surface area contributed by atoms with Crippen molar-refractivity contribution >= 4 is 5.91 Å². The van der Waals surface area contributed by atoms with Crippen molar-refractivity contribution in [2.45, 2.75) is 25.3 Å². The Morgan fingerprint density at radius 3 is 2.75 bits per heavy atom. The third-order valence-corrected chi connectivity index (χ3v) is 2.18. The van der Waals surface area contributed by atoms with E-state index in [2.05, 4.69) is 11.2 Å². The van der Waals surface area contributed by atoms with E-state index in [4.69, 9.17) is 11.5 Å². The summed E-state index contributed by atoms with van der Waals surface area (Å²) in [6.07, 6.45) is 8.10. The highest BCUT2D eigenvalue weighted by molar-refractivity contribution is 5.80. The van der Waals surface area contributed by atoms with Crippen LogP contribution in [0.2, 0.25) is 0 Å². The van der Waals surface area contributed by atoms with Crippen LogP contribution in [0.1, 0.15) is 19.3 Å². The van der Waals surface area contributed by atoms with Gasteiger partial charge in [0, 0.05) is 5.92 Å². The molecule has 0 spiro atoms. The van der Waals surface area contributed by atoms with Crippen molar-refractivity contribution in [1.29, 1.82) is 0 Å². The largest absolute Gasteiger partial charge is 0.393 e. The van der Waals surface area contributed by atoms with Gasteiger partial charge in [-0.05, 0) is 12.8 Å². The molecule has 66 valence electrons. The minimum Gasteiger partial charge on any atom is -0.393 e. The van der Waals surface area contributed by atoms with Gasteiger partial charge >= 0.3 is 0 Å². The highest BCUT2D eigenvalue weighted by atomic mass is 16.3. The number of rotatable bonds is 3. The van der Waals surface area contributed by atoms with E-state index in [-0.39, 0.29) is 18.4 Å². The number of terminal acetylenes is 1. The van der Waals surface area contributed by atoms with Crippen LogP contribution < -0.4 is 5.32 Å². The van der Waals surface area contributed by atoms with Crippen LogP contribution >= 0.6 is 0 Å². The number of aliphatic hydroxyl groups excluding tert-OH is 1. The van der Waals surface area contributed by atoms with Crippen molar-refractivity contribution in [2.24, 2.45) is 5.92 Å². The maximum Gasteiger partial charge on any atom is 0.224 e. The van der Waals surface area contributed by atoms with Gasteiger partial charge in [-0.1, -0.05) is 12.3 Å². The summed E-state index contributed by atoms with van der Waals surface area (Å²) in [6.45, 7) is -0.186. The molecule has 0 radical (unpaired) electrons. The zero-order chi connectivity index (χ0) is 8.97. The summed E-state index contributed by atoms with van der Waals surface area (Å²) < 4.78 is 0. The number of carbonyl (C=O) groups is 1. The normalized spacial score (nSPS) is 19.0. The summed E-state index contributed by atoms with van der Waals surface area (Å²) in [5.41, 5.74) is 0. The highest BCUT2D eigenvalue weighted by Gasteiger charge is 2.26. The summed E-state index contributed by atoms with van der Waals surface area (Å²) in [5.74, 6) is 2.42. The summed E-state index contributed by atoms with van der Waals surface area (Å²) >= 11 is 0. The first-order chi connectivity index (χ1) is 5.77. The van der Waals surface area contributed by atoms with Gasteiger partial charge in [0.15, 0.2) is 0 Å². The van der Waals surface area contributed by atoms with Gasteiger partial charge in [-0.3, -0.25) is 4.79 Å². The van der Waals surface area contributed by atoms with Crippen LogP contribution in [0.4, 0.5) is 0 Å². The monoisotopic (exact) mass is 167 g/mol. The van der Waals surface area contributed by atoms with E-state index in [1.54, 1.807) is 0 Å². The molecule has 0 aromatic rings. The Morgan fingerprint density at radius 2 is 2.42 bits per heavy atom. The molecule has 12 heavy (non-hydrogen) atoms. The lowest BCUT2D eigenvalue weighted by Gasteiger charge is -2.25. The van der Waals surface area contributed by atoms with Gasteiger partial charge in [-0.15, -0.1) is 6.42 Å². The van der Waals surface area contributed by atoms with E-state index in [1.165, 1.54) is 0 Å². The molecule has 2 N–H and O–H groups in total. The van der Waals surface area contributed by atoms with Crippen molar-refractivity contribution in [3.8, 4) is 12.3 Å². The molecule has 1 fully saturated rings. The van der Waals surface area contributed by atoms with Gasteiger partial charge in [0.25, 0.3) is 0 Å².